The Hall–Kier alpha value is -1.35. The molecule has 1 aromatic carbocycles. The number of piperidine rings is 1. The molecule has 0 amide bonds. The van der Waals surface area contributed by atoms with Crippen LogP contribution in [0.15, 0.2) is 18.2 Å². The van der Waals surface area contributed by atoms with Crippen LogP contribution in [0.1, 0.15) is 50.0 Å². The number of benzene rings is 1. The predicted molar refractivity (Wildman–Crippen MR) is 90.7 cm³/mol. The van der Waals surface area contributed by atoms with Gasteiger partial charge in [0.2, 0.25) is 0 Å². The van der Waals surface area contributed by atoms with Crippen molar-refractivity contribution < 1.29 is 9.53 Å². The van der Waals surface area contributed by atoms with Gasteiger partial charge in [0, 0.05) is 18.7 Å². The van der Waals surface area contributed by atoms with Gasteiger partial charge in [-0.1, -0.05) is 13.8 Å². The standard InChI is InChI=1S/C19H29NO2/c1-13(2)22-19-7-6-17(9-16(19)5)18(21)12-20-10-14(3)8-15(4)11-20/h6-7,9,13-15H,8,10-12H2,1-5H3. The largest absolute Gasteiger partial charge is 0.491 e. The molecule has 0 aliphatic carbocycles. The average molecular weight is 303 g/mol. The lowest BCUT2D eigenvalue weighted by Crippen LogP contribution is -2.41. The van der Waals surface area contributed by atoms with Crippen LogP contribution < -0.4 is 4.74 Å². The Morgan fingerprint density at radius 1 is 1.27 bits per heavy atom. The molecule has 0 aromatic heterocycles. The molecular formula is C19H29NO2. The van der Waals surface area contributed by atoms with Crippen LogP contribution in [0.4, 0.5) is 0 Å². The molecular weight excluding hydrogens is 274 g/mol. The van der Waals surface area contributed by atoms with E-state index in [2.05, 4.69) is 18.7 Å². The van der Waals surface area contributed by atoms with Crippen molar-refractivity contribution in [2.45, 2.75) is 47.1 Å². The van der Waals surface area contributed by atoms with Gasteiger partial charge in [0.05, 0.1) is 12.6 Å². The number of ketones is 1. The summed E-state index contributed by atoms with van der Waals surface area (Å²) in [6.07, 6.45) is 1.42. The van der Waals surface area contributed by atoms with Crippen LogP contribution in [0.5, 0.6) is 5.75 Å². The van der Waals surface area contributed by atoms with E-state index < -0.39 is 0 Å². The Kier molecular flexibility index (Phi) is 5.63. The van der Waals surface area contributed by atoms with Crippen molar-refractivity contribution in [3.63, 3.8) is 0 Å². The molecule has 0 spiro atoms. The molecule has 22 heavy (non-hydrogen) atoms. The van der Waals surface area contributed by atoms with Gasteiger partial charge in [-0.15, -0.1) is 0 Å². The molecule has 122 valence electrons. The lowest BCUT2D eigenvalue weighted by atomic mass is 9.91. The van der Waals surface area contributed by atoms with Gasteiger partial charge in [0.25, 0.3) is 0 Å². The summed E-state index contributed by atoms with van der Waals surface area (Å²) in [5.74, 6) is 2.44. The van der Waals surface area contributed by atoms with E-state index in [0.717, 1.165) is 30.0 Å². The number of hydrogen-bond acceptors (Lipinski definition) is 3. The Labute approximate surface area is 134 Å². The van der Waals surface area contributed by atoms with Crippen molar-refractivity contribution in [1.82, 2.24) is 4.90 Å². The highest BCUT2D eigenvalue weighted by Gasteiger charge is 2.23. The van der Waals surface area contributed by atoms with Crippen molar-refractivity contribution in [3.8, 4) is 5.75 Å². The minimum atomic E-state index is 0.150. The maximum Gasteiger partial charge on any atom is 0.176 e. The number of carbonyl (C=O) groups is 1. The molecule has 1 aromatic rings. The van der Waals surface area contributed by atoms with Crippen LogP contribution in [0.25, 0.3) is 0 Å². The maximum absolute atomic E-state index is 12.5. The van der Waals surface area contributed by atoms with Gasteiger partial charge in [0.1, 0.15) is 5.75 Å². The summed E-state index contributed by atoms with van der Waals surface area (Å²) in [6.45, 7) is 13.2. The van der Waals surface area contributed by atoms with E-state index in [-0.39, 0.29) is 11.9 Å². The van der Waals surface area contributed by atoms with Gasteiger partial charge in [-0.3, -0.25) is 9.69 Å². The molecule has 2 atom stereocenters. The van der Waals surface area contributed by atoms with Crippen LogP contribution in [0, 0.1) is 18.8 Å². The molecule has 1 fully saturated rings. The molecule has 3 nitrogen and oxygen atoms in total. The van der Waals surface area contributed by atoms with Crippen molar-refractivity contribution in [1.29, 1.82) is 0 Å². The number of ether oxygens (including phenoxy) is 1. The summed E-state index contributed by atoms with van der Waals surface area (Å²) in [5, 5.41) is 0. The minimum absolute atomic E-state index is 0.150. The molecule has 2 unspecified atom stereocenters. The minimum Gasteiger partial charge on any atom is -0.491 e. The van der Waals surface area contributed by atoms with Crippen LogP contribution in [-0.4, -0.2) is 36.4 Å². The zero-order chi connectivity index (χ0) is 16.3. The number of hydrogen-bond donors (Lipinski definition) is 0. The Balaban J connectivity index is 2.02. The zero-order valence-corrected chi connectivity index (χ0v) is 14.6. The van der Waals surface area contributed by atoms with Gasteiger partial charge < -0.3 is 4.74 Å². The van der Waals surface area contributed by atoms with Gasteiger partial charge in [-0.05, 0) is 62.8 Å². The van der Waals surface area contributed by atoms with Gasteiger partial charge in [0.15, 0.2) is 5.78 Å². The highest BCUT2D eigenvalue weighted by Crippen LogP contribution is 2.23. The molecule has 1 heterocycles. The van der Waals surface area contributed by atoms with E-state index in [9.17, 15) is 4.79 Å². The van der Waals surface area contributed by atoms with Gasteiger partial charge in [-0.2, -0.15) is 0 Å². The molecule has 1 aliphatic heterocycles. The van der Waals surface area contributed by atoms with Gasteiger partial charge >= 0.3 is 0 Å². The van der Waals surface area contributed by atoms with Gasteiger partial charge in [-0.25, -0.2) is 0 Å². The first-order valence-corrected chi connectivity index (χ1v) is 8.38. The highest BCUT2D eigenvalue weighted by atomic mass is 16.5. The van der Waals surface area contributed by atoms with E-state index in [1.165, 1.54) is 6.42 Å². The number of nitrogens with zero attached hydrogens (tertiary/aromatic N) is 1. The summed E-state index contributed by atoms with van der Waals surface area (Å²) < 4.78 is 5.74. The molecule has 0 saturated carbocycles. The Morgan fingerprint density at radius 2 is 1.91 bits per heavy atom. The average Bonchev–Trinajstić information content (AvgIpc) is 2.39. The summed E-state index contributed by atoms with van der Waals surface area (Å²) in [6, 6.07) is 5.77. The Morgan fingerprint density at radius 3 is 2.45 bits per heavy atom. The first-order chi connectivity index (χ1) is 10.3. The highest BCUT2D eigenvalue weighted by molar-refractivity contribution is 5.98. The maximum atomic E-state index is 12.5. The number of carbonyl (C=O) groups excluding carboxylic acids is 1. The summed E-state index contributed by atoms with van der Waals surface area (Å²) in [4.78, 5) is 14.8. The summed E-state index contributed by atoms with van der Waals surface area (Å²) in [7, 11) is 0. The fraction of sp³-hybridized carbons (Fsp3) is 0.632. The fourth-order valence-electron chi connectivity index (χ4n) is 3.42. The van der Waals surface area contributed by atoms with Crippen LogP contribution in [0.2, 0.25) is 0 Å². The second-order valence-electron chi connectivity index (χ2n) is 7.21. The quantitative estimate of drug-likeness (QED) is 0.772. The van der Waals surface area contributed by atoms with Crippen molar-refractivity contribution in [2.24, 2.45) is 11.8 Å². The fourth-order valence-corrected chi connectivity index (χ4v) is 3.42. The van der Waals surface area contributed by atoms with Crippen molar-refractivity contribution in [3.05, 3.63) is 29.3 Å². The smallest absolute Gasteiger partial charge is 0.176 e. The van der Waals surface area contributed by atoms with E-state index in [0.29, 0.717) is 18.4 Å². The van der Waals surface area contributed by atoms with Crippen LogP contribution >= 0.6 is 0 Å². The molecule has 1 aliphatic rings. The number of rotatable bonds is 5. The lowest BCUT2D eigenvalue weighted by molar-refractivity contribution is 0.0849. The second kappa shape index (κ2) is 7.28. The van der Waals surface area contributed by atoms with Crippen molar-refractivity contribution in [2.75, 3.05) is 19.6 Å². The number of likely N-dealkylation sites (tertiary alicyclic amines) is 1. The summed E-state index contributed by atoms with van der Waals surface area (Å²) >= 11 is 0. The third-order valence-electron chi connectivity index (χ3n) is 4.17. The molecule has 0 N–H and O–H groups in total. The monoisotopic (exact) mass is 303 g/mol. The molecule has 1 saturated heterocycles. The number of Topliss-reactive ketones (excluding diaryl/α,β-unsaturated/α-hetero) is 1. The van der Waals surface area contributed by atoms with Crippen LogP contribution in [0.3, 0.4) is 0 Å². The van der Waals surface area contributed by atoms with E-state index in [1.807, 2.05) is 39.0 Å². The summed E-state index contributed by atoms with van der Waals surface area (Å²) in [5.41, 5.74) is 1.82. The number of aryl methyl sites for hydroxylation is 1. The Bertz CT molecular complexity index is 514. The third-order valence-corrected chi connectivity index (χ3v) is 4.17. The van der Waals surface area contributed by atoms with E-state index in [1.54, 1.807) is 0 Å². The third kappa shape index (κ3) is 4.57. The van der Waals surface area contributed by atoms with E-state index in [4.69, 9.17) is 4.74 Å². The lowest BCUT2D eigenvalue weighted by Gasteiger charge is -2.34. The first kappa shape index (κ1) is 17.0. The van der Waals surface area contributed by atoms with Crippen molar-refractivity contribution >= 4 is 5.78 Å². The molecule has 0 bridgehead atoms. The van der Waals surface area contributed by atoms with Crippen LogP contribution in [-0.2, 0) is 0 Å². The first-order valence-electron chi connectivity index (χ1n) is 8.38. The molecule has 0 radical (unpaired) electrons. The topological polar surface area (TPSA) is 29.5 Å². The van der Waals surface area contributed by atoms with E-state index >= 15 is 0 Å². The second-order valence-corrected chi connectivity index (χ2v) is 7.21. The SMILES string of the molecule is Cc1cc(C(=O)CN2CC(C)CC(C)C2)ccc1OC(C)C. The predicted octanol–water partition coefficient (Wildman–Crippen LogP) is 3.94. The normalized spacial score (nSPS) is 22.8. The zero-order valence-electron chi connectivity index (χ0n) is 14.6. The molecule has 2 rings (SSSR count). The molecule has 3 heteroatoms.